The summed E-state index contributed by atoms with van der Waals surface area (Å²) in [7, 11) is 0. The van der Waals surface area contributed by atoms with Crippen LogP contribution < -0.4 is 0 Å². The third kappa shape index (κ3) is 3.12. The zero-order valence-electron chi connectivity index (χ0n) is 15.3. The number of aliphatic hydroxyl groups is 1. The first-order chi connectivity index (χ1) is 12.4. The van der Waals surface area contributed by atoms with Crippen LogP contribution in [0.2, 0.25) is 5.02 Å². The quantitative estimate of drug-likeness (QED) is 0.850. The number of H-pyrrole nitrogens is 1. The maximum Gasteiger partial charge on any atom is 0.225 e. The smallest absolute Gasteiger partial charge is 0.225 e. The molecule has 2 N–H and O–H groups in total. The van der Waals surface area contributed by atoms with Crippen LogP contribution in [0.5, 0.6) is 0 Å². The molecular formula is C20H26ClN3O2. The SMILES string of the molecule is CC(C)(C1CCN(C(=O)C2CC2)CC1)[C@@H](O)c1cc(Cl)cc2cn[nH]c12. The number of piperidine rings is 1. The Labute approximate surface area is 158 Å². The number of benzene rings is 1. The second-order valence-electron chi connectivity index (χ2n) is 8.43. The Morgan fingerprint density at radius 2 is 2.00 bits per heavy atom. The van der Waals surface area contributed by atoms with Gasteiger partial charge in [0.05, 0.1) is 17.8 Å². The van der Waals surface area contributed by atoms with Crippen LogP contribution in [0.25, 0.3) is 10.9 Å². The normalized spacial score (nSPS) is 20.5. The lowest BCUT2D eigenvalue weighted by molar-refractivity contribution is -0.135. The summed E-state index contributed by atoms with van der Waals surface area (Å²) < 4.78 is 0. The Bertz CT molecular complexity index is 820. The highest BCUT2D eigenvalue weighted by Crippen LogP contribution is 2.46. The summed E-state index contributed by atoms with van der Waals surface area (Å²) in [6.45, 7) is 5.82. The van der Waals surface area contributed by atoms with Gasteiger partial charge in [0.25, 0.3) is 0 Å². The van der Waals surface area contributed by atoms with E-state index in [1.54, 1.807) is 6.20 Å². The predicted molar refractivity (Wildman–Crippen MR) is 102 cm³/mol. The molecule has 0 spiro atoms. The molecule has 4 rings (SSSR count). The Morgan fingerprint density at radius 1 is 1.31 bits per heavy atom. The van der Waals surface area contributed by atoms with Crippen molar-refractivity contribution >= 4 is 28.4 Å². The van der Waals surface area contributed by atoms with E-state index >= 15 is 0 Å². The molecule has 26 heavy (non-hydrogen) atoms. The molecule has 1 aliphatic heterocycles. The van der Waals surface area contributed by atoms with Crippen LogP contribution >= 0.6 is 11.6 Å². The number of aromatic nitrogens is 2. The molecule has 2 heterocycles. The zero-order chi connectivity index (χ0) is 18.5. The highest BCUT2D eigenvalue weighted by Gasteiger charge is 2.42. The number of carbonyl (C=O) groups excluding carboxylic acids is 1. The fraction of sp³-hybridized carbons (Fsp3) is 0.600. The number of hydrogen-bond donors (Lipinski definition) is 2. The van der Waals surface area contributed by atoms with Gasteiger partial charge in [0.15, 0.2) is 0 Å². The van der Waals surface area contributed by atoms with E-state index in [-0.39, 0.29) is 11.3 Å². The van der Waals surface area contributed by atoms with Gasteiger partial charge in [-0.2, -0.15) is 5.10 Å². The minimum absolute atomic E-state index is 0.283. The van der Waals surface area contributed by atoms with Crippen molar-refractivity contribution < 1.29 is 9.90 Å². The number of aromatic amines is 1. The van der Waals surface area contributed by atoms with Gasteiger partial charge in [-0.05, 0) is 49.1 Å². The molecular weight excluding hydrogens is 350 g/mol. The summed E-state index contributed by atoms with van der Waals surface area (Å²) in [6.07, 6.45) is 5.03. The fourth-order valence-electron chi connectivity index (χ4n) is 4.32. The van der Waals surface area contributed by atoms with Crippen molar-refractivity contribution in [2.45, 2.75) is 45.6 Å². The zero-order valence-corrected chi connectivity index (χ0v) is 16.1. The molecule has 0 unspecified atom stereocenters. The predicted octanol–water partition coefficient (Wildman–Crippen LogP) is 3.92. The standard InChI is InChI=1S/C20H26ClN3O2/c1-20(2,14-5-7-24(8-6-14)19(26)12-3-4-12)18(25)16-10-15(21)9-13-11-22-23-17(13)16/h9-12,14,18,25H,3-8H2,1-2H3,(H,22,23)/t18-/m0/s1. The van der Waals surface area contributed by atoms with Gasteiger partial charge in [0.2, 0.25) is 5.91 Å². The van der Waals surface area contributed by atoms with Crippen LogP contribution in [0.4, 0.5) is 0 Å². The molecule has 1 aliphatic carbocycles. The third-order valence-electron chi connectivity index (χ3n) is 6.33. The number of hydrogen-bond acceptors (Lipinski definition) is 3. The van der Waals surface area contributed by atoms with Crippen molar-refractivity contribution in [3.63, 3.8) is 0 Å². The van der Waals surface area contributed by atoms with E-state index in [1.807, 2.05) is 17.0 Å². The van der Waals surface area contributed by atoms with Crippen LogP contribution in [0.3, 0.4) is 0 Å². The van der Waals surface area contributed by atoms with Gasteiger partial charge in [-0.3, -0.25) is 9.89 Å². The van der Waals surface area contributed by atoms with E-state index in [4.69, 9.17) is 11.6 Å². The number of aliphatic hydroxyl groups excluding tert-OH is 1. The Hall–Kier alpha value is -1.59. The van der Waals surface area contributed by atoms with Gasteiger partial charge >= 0.3 is 0 Å². The first kappa shape index (κ1) is 17.8. The molecule has 5 nitrogen and oxygen atoms in total. The van der Waals surface area contributed by atoms with E-state index in [1.165, 1.54) is 0 Å². The molecule has 0 bridgehead atoms. The van der Waals surface area contributed by atoms with Crippen LogP contribution in [0.1, 0.15) is 51.2 Å². The molecule has 1 amide bonds. The second-order valence-corrected chi connectivity index (χ2v) is 8.86. The number of nitrogens with zero attached hydrogens (tertiary/aromatic N) is 2. The van der Waals surface area contributed by atoms with E-state index in [9.17, 15) is 9.90 Å². The number of amides is 1. The number of carbonyl (C=O) groups is 1. The molecule has 1 aromatic heterocycles. The van der Waals surface area contributed by atoms with Crippen molar-refractivity contribution in [2.75, 3.05) is 13.1 Å². The summed E-state index contributed by atoms with van der Waals surface area (Å²) in [4.78, 5) is 14.3. The molecule has 2 aliphatic rings. The first-order valence-corrected chi connectivity index (χ1v) is 9.85. The second kappa shape index (κ2) is 6.54. The summed E-state index contributed by atoms with van der Waals surface area (Å²) >= 11 is 6.25. The van der Waals surface area contributed by atoms with Crippen LogP contribution in [0, 0.1) is 17.3 Å². The average Bonchev–Trinajstić information content (AvgIpc) is 3.38. The number of likely N-dealkylation sites (tertiary alicyclic amines) is 1. The molecule has 2 aromatic rings. The lowest BCUT2D eigenvalue weighted by atomic mass is 9.68. The summed E-state index contributed by atoms with van der Waals surface area (Å²) in [6, 6.07) is 3.69. The largest absolute Gasteiger partial charge is 0.388 e. The van der Waals surface area contributed by atoms with Crippen molar-refractivity contribution in [3.8, 4) is 0 Å². The van der Waals surface area contributed by atoms with E-state index in [0.717, 1.165) is 55.2 Å². The van der Waals surface area contributed by atoms with Crippen LogP contribution in [0.15, 0.2) is 18.3 Å². The van der Waals surface area contributed by atoms with E-state index < -0.39 is 6.10 Å². The topological polar surface area (TPSA) is 69.2 Å². The molecule has 1 saturated heterocycles. The summed E-state index contributed by atoms with van der Waals surface area (Å²) in [5, 5.41) is 19.8. The maximum absolute atomic E-state index is 12.3. The number of fused-ring (bicyclic) bond motifs is 1. The summed E-state index contributed by atoms with van der Waals surface area (Å²) in [5.74, 6) is 0.957. The van der Waals surface area contributed by atoms with Crippen molar-refractivity contribution in [1.29, 1.82) is 0 Å². The first-order valence-electron chi connectivity index (χ1n) is 9.47. The van der Waals surface area contributed by atoms with Gasteiger partial charge in [0.1, 0.15) is 0 Å². The molecule has 1 saturated carbocycles. The highest BCUT2D eigenvalue weighted by atomic mass is 35.5. The fourth-order valence-corrected chi connectivity index (χ4v) is 4.55. The average molecular weight is 376 g/mol. The Balaban J connectivity index is 1.52. The van der Waals surface area contributed by atoms with Gasteiger partial charge in [-0.1, -0.05) is 25.4 Å². The van der Waals surface area contributed by atoms with Gasteiger partial charge in [-0.15, -0.1) is 0 Å². The lowest BCUT2D eigenvalue weighted by Gasteiger charge is -2.43. The highest BCUT2D eigenvalue weighted by molar-refractivity contribution is 6.31. The molecule has 1 atom stereocenters. The number of nitrogens with one attached hydrogen (secondary N) is 1. The van der Waals surface area contributed by atoms with E-state index in [2.05, 4.69) is 24.0 Å². The minimum atomic E-state index is -0.653. The summed E-state index contributed by atoms with van der Waals surface area (Å²) in [5.41, 5.74) is 1.32. The Kier molecular flexibility index (Phi) is 4.48. The van der Waals surface area contributed by atoms with Crippen molar-refractivity contribution in [3.05, 3.63) is 28.9 Å². The van der Waals surface area contributed by atoms with Gasteiger partial charge in [-0.25, -0.2) is 0 Å². The molecule has 6 heteroatoms. The maximum atomic E-state index is 12.3. The minimum Gasteiger partial charge on any atom is -0.388 e. The molecule has 1 aromatic carbocycles. The molecule has 2 fully saturated rings. The van der Waals surface area contributed by atoms with Crippen molar-refractivity contribution in [1.82, 2.24) is 15.1 Å². The van der Waals surface area contributed by atoms with Crippen LogP contribution in [-0.2, 0) is 4.79 Å². The Morgan fingerprint density at radius 3 is 2.65 bits per heavy atom. The monoisotopic (exact) mass is 375 g/mol. The molecule has 140 valence electrons. The molecule has 0 radical (unpaired) electrons. The van der Waals surface area contributed by atoms with Crippen LogP contribution in [-0.4, -0.2) is 39.2 Å². The van der Waals surface area contributed by atoms with Gasteiger partial charge in [0, 0.05) is 35.0 Å². The van der Waals surface area contributed by atoms with E-state index in [0.29, 0.717) is 16.8 Å². The van der Waals surface area contributed by atoms with Crippen molar-refractivity contribution in [2.24, 2.45) is 17.3 Å². The number of halogens is 1. The number of rotatable bonds is 4. The lowest BCUT2D eigenvalue weighted by Crippen LogP contribution is -2.44. The third-order valence-corrected chi connectivity index (χ3v) is 6.55. The van der Waals surface area contributed by atoms with Gasteiger partial charge < -0.3 is 10.0 Å².